The van der Waals surface area contributed by atoms with Crippen molar-refractivity contribution in [3.63, 3.8) is 0 Å². The van der Waals surface area contributed by atoms with E-state index in [4.69, 9.17) is 5.73 Å². The van der Waals surface area contributed by atoms with E-state index in [0.29, 0.717) is 6.04 Å². The Morgan fingerprint density at radius 1 is 1.00 bits per heavy atom. The minimum atomic E-state index is 0.652. The lowest BCUT2D eigenvalue weighted by Crippen LogP contribution is -2.51. The van der Waals surface area contributed by atoms with Crippen molar-refractivity contribution in [2.24, 2.45) is 23.5 Å². The van der Waals surface area contributed by atoms with Crippen LogP contribution in [-0.2, 0) is 0 Å². The van der Waals surface area contributed by atoms with Crippen molar-refractivity contribution in [3.05, 3.63) is 0 Å². The normalized spacial score (nSPS) is 29.4. The Bertz CT molecular complexity index is 275. The van der Waals surface area contributed by atoms with Gasteiger partial charge in [0, 0.05) is 18.6 Å². The van der Waals surface area contributed by atoms with Crippen molar-refractivity contribution in [2.75, 3.05) is 13.1 Å². The number of nitrogens with two attached hydrogens (primary N) is 1. The van der Waals surface area contributed by atoms with Gasteiger partial charge >= 0.3 is 0 Å². The van der Waals surface area contributed by atoms with E-state index in [-0.39, 0.29) is 0 Å². The highest BCUT2D eigenvalue weighted by atomic mass is 15.2. The zero-order valence-corrected chi connectivity index (χ0v) is 14.7. The Hall–Kier alpha value is -0.0800. The van der Waals surface area contributed by atoms with Gasteiger partial charge in [0.05, 0.1) is 0 Å². The lowest BCUT2D eigenvalue weighted by molar-refractivity contribution is 0.0696. The summed E-state index contributed by atoms with van der Waals surface area (Å²) in [5.74, 6) is 2.60. The SMILES string of the molecule is CC(C)CCN(C1CCCC1)C(CN)C1CCC(C)CC1. The topological polar surface area (TPSA) is 29.3 Å². The molecule has 0 aromatic rings. The quantitative estimate of drug-likeness (QED) is 0.752. The van der Waals surface area contributed by atoms with Crippen LogP contribution in [0.2, 0.25) is 0 Å². The second-order valence-corrected chi connectivity index (χ2v) is 8.18. The summed E-state index contributed by atoms with van der Waals surface area (Å²) in [6.45, 7) is 9.27. The van der Waals surface area contributed by atoms with Crippen molar-refractivity contribution in [2.45, 2.75) is 90.6 Å². The molecule has 2 fully saturated rings. The van der Waals surface area contributed by atoms with Crippen LogP contribution in [0.5, 0.6) is 0 Å². The summed E-state index contributed by atoms with van der Waals surface area (Å²) in [5, 5.41) is 0. The monoisotopic (exact) mass is 294 g/mol. The van der Waals surface area contributed by atoms with Gasteiger partial charge in [-0.2, -0.15) is 0 Å². The van der Waals surface area contributed by atoms with E-state index >= 15 is 0 Å². The molecule has 0 aromatic carbocycles. The summed E-state index contributed by atoms with van der Waals surface area (Å²) in [6.07, 6.45) is 12.7. The van der Waals surface area contributed by atoms with Crippen molar-refractivity contribution < 1.29 is 0 Å². The van der Waals surface area contributed by atoms with Crippen LogP contribution in [0.4, 0.5) is 0 Å². The maximum Gasteiger partial charge on any atom is 0.0249 e. The molecule has 2 aliphatic rings. The molecule has 21 heavy (non-hydrogen) atoms. The minimum absolute atomic E-state index is 0.652. The number of hydrogen-bond donors (Lipinski definition) is 1. The van der Waals surface area contributed by atoms with Gasteiger partial charge in [-0.15, -0.1) is 0 Å². The van der Waals surface area contributed by atoms with Gasteiger partial charge in [0.15, 0.2) is 0 Å². The highest BCUT2D eigenvalue weighted by molar-refractivity contribution is 4.89. The van der Waals surface area contributed by atoms with Crippen LogP contribution in [-0.4, -0.2) is 30.1 Å². The summed E-state index contributed by atoms with van der Waals surface area (Å²) in [6, 6.07) is 1.48. The average Bonchev–Trinajstić information content (AvgIpc) is 2.98. The number of hydrogen-bond acceptors (Lipinski definition) is 2. The number of nitrogens with zero attached hydrogens (tertiary/aromatic N) is 1. The van der Waals surface area contributed by atoms with Crippen LogP contribution in [0.15, 0.2) is 0 Å². The third-order valence-electron chi connectivity index (χ3n) is 6.03. The summed E-state index contributed by atoms with van der Waals surface area (Å²) < 4.78 is 0. The molecule has 0 aliphatic heterocycles. The second-order valence-electron chi connectivity index (χ2n) is 8.18. The van der Waals surface area contributed by atoms with Gasteiger partial charge in [-0.25, -0.2) is 0 Å². The van der Waals surface area contributed by atoms with Gasteiger partial charge in [-0.1, -0.05) is 46.5 Å². The van der Waals surface area contributed by atoms with Crippen molar-refractivity contribution >= 4 is 0 Å². The average molecular weight is 295 g/mol. The Kier molecular flexibility index (Phi) is 7.01. The predicted octanol–water partition coefficient (Wildman–Crippen LogP) is 4.43. The van der Waals surface area contributed by atoms with Crippen molar-refractivity contribution in [3.8, 4) is 0 Å². The number of rotatable bonds is 7. The molecule has 2 aliphatic carbocycles. The first-order valence-electron chi connectivity index (χ1n) is 9.57. The molecule has 2 heteroatoms. The standard InChI is InChI=1S/C19H38N2/c1-15(2)12-13-21(18-6-4-5-7-18)19(14-20)17-10-8-16(3)9-11-17/h15-19H,4-14,20H2,1-3H3. The van der Waals surface area contributed by atoms with E-state index in [1.807, 2.05) is 0 Å². The van der Waals surface area contributed by atoms with Crippen LogP contribution < -0.4 is 5.73 Å². The first kappa shape index (κ1) is 17.3. The molecular formula is C19H38N2. The maximum absolute atomic E-state index is 6.27. The summed E-state index contributed by atoms with van der Waals surface area (Å²) in [7, 11) is 0. The zero-order chi connectivity index (χ0) is 15.2. The molecule has 0 aromatic heterocycles. The van der Waals surface area contributed by atoms with Gasteiger partial charge in [0.2, 0.25) is 0 Å². The Morgan fingerprint density at radius 3 is 2.14 bits per heavy atom. The van der Waals surface area contributed by atoms with Crippen LogP contribution in [0.1, 0.15) is 78.6 Å². The molecule has 0 heterocycles. The van der Waals surface area contributed by atoms with E-state index < -0.39 is 0 Å². The van der Waals surface area contributed by atoms with Gasteiger partial charge in [0.1, 0.15) is 0 Å². The van der Waals surface area contributed by atoms with E-state index in [0.717, 1.165) is 30.3 Å². The molecule has 0 radical (unpaired) electrons. The van der Waals surface area contributed by atoms with E-state index in [9.17, 15) is 0 Å². The fourth-order valence-electron chi connectivity index (χ4n) is 4.53. The van der Waals surface area contributed by atoms with Gasteiger partial charge in [-0.05, 0) is 56.4 Å². The van der Waals surface area contributed by atoms with Gasteiger partial charge in [0.25, 0.3) is 0 Å². The highest BCUT2D eigenvalue weighted by Crippen LogP contribution is 2.35. The molecule has 2 rings (SSSR count). The van der Waals surface area contributed by atoms with Gasteiger partial charge < -0.3 is 5.73 Å². The van der Waals surface area contributed by atoms with Crippen molar-refractivity contribution in [1.82, 2.24) is 4.90 Å². The largest absolute Gasteiger partial charge is 0.329 e. The summed E-state index contributed by atoms with van der Waals surface area (Å²) in [5.41, 5.74) is 6.27. The molecule has 124 valence electrons. The van der Waals surface area contributed by atoms with Crippen molar-refractivity contribution in [1.29, 1.82) is 0 Å². The molecule has 0 saturated heterocycles. The zero-order valence-electron chi connectivity index (χ0n) is 14.7. The molecule has 1 unspecified atom stereocenters. The lowest BCUT2D eigenvalue weighted by atomic mass is 9.78. The Labute approximate surface area is 132 Å². The first-order chi connectivity index (χ1) is 10.1. The molecule has 2 nitrogen and oxygen atoms in total. The smallest absolute Gasteiger partial charge is 0.0249 e. The highest BCUT2D eigenvalue weighted by Gasteiger charge is 2.34. The van der Waals surface area contributed by atoms with Gasteiger partial charge in [-0.3, -0.25) is 4.90 Å². The van der Waals surface area contributed by atoms with E-state index in [1.54, 1.807) is 0 Å². The lowest BCUT2D eigenvalue weighted by Gasteiger charge is -2.42. The maximum atomic E-state index is 6.27. The molecular weight excluding hydrogens is 256 g/mol. The molecule has 1 atom stereocenters. The molecule has 0 bridgehead atoms. The first-order valence-corrected chi connectivity index (χ1v) is 9.57. The fraction of sp³-hybridized carbons (Fsp3) is 1.00. The minimum Gasteiger partial charge on any atom is -0.329 e. The Morgan fingerprint density at radius 2 is 1.62 bits per heavy atom. The summed E-state index contributed by atoms with van der Waals surface area (Å²) >= 11 is 0. The third kappa shape index (κ3) is 4.96. The van der Waals surface area contributed by atoms with E-state index in [2.05, 4.69) is 25.7 Å². The summed E-state index contributed by atoms with van der Waals surface area (Å²) in [4.78, 5) is 2.85. The third-order valence-corrected chi connectivity index (χ3v) is 6.03. The van der Waals surface area contributed by atoms with E-state index in [1.165, 1.54) is 64.3 Å². The van der Waals surface area contributed by atoms with Crippen LogP contribution in [0, 0.1) is 17.8 Å². The second kappa shape index (κ2) is 8.53. The van der Waals surface area contributed by atoms with Crippen LogP contribution in [0.3, 0.4) is 0 Å². The molecule has 2 saturated carbocycles. The predicted molar refractivity (Wildman–Crippen MR) is 92.4 cm³/mol. The molecule has 2 N–H and O–H groups in total. The van der Waals surface area contributed by atoms with Crippen LogP contribution >= 0.6 is 0 Å². The fourth-order valence-corrected chi connectivity index (χ4v) is 4.53. The molecule has 0 spiro atoms. The molecule has 0 amide bonds. The Balaban J connectivity index is 2.00. The van der Waals surface area contributed by atoms with Crippen LogP contribution in [0.25, 0.3) is 0 Å².